The Kier molecular flexibility index (Phi) is 8.55. The molecule has 0 aromatic heterocycles. The number of hydrogen-bond acceptors (Lipinski definition) is 6. The molecule has 0 aliphatic carbocycles. The Morgan fingerprint density at radius 1 is 0.771 bits per heavy atom. The van der Waals surface area contributed by atoms with E-state index in [0.717, 1.165) is 28.0 Å². The lowest BCUT2D eigenvalue weighted by Gasteiger charge is -2.12. The predicted molar refractivity (Wildman–Crippen MR) is 131 cm³/mol. The van der Waals surface area contributed by atoms with Crippen LogP contribution in [0.15, 0.2) is 83.1 Å². The van der Waals surface area contributed by atoms with Gasteiger partial charge in [0.2, 0.25) is 0 Å². The lowest BCUT2D eigenvalue weighted by molar-refractivity contribution is -0.140. The average Bonchev–Trinajstić information content (AvgIpc) is 2.85. The van der Waals surface area contributed by atoms with Crippen LogP contribution in [0.2, 0.25) is 0 Å². The summed E-state index contributed by atoms with van der Waals surface area (Å²) in [5, 5.41) is 27.4. The standard InChI is InChI=1S/C26H25N3O6/c1-29(2)28-27-21-9-3-18(4-10-21)15-24(19-5-11-22(12-6-19)34-16-25(30)31)20-7-13-23(14-8-20)35-17-26(32)33/h3-15H,16-17H2,1-2H3,(H,30,31)(H,32,33). The quantitative estimate of drug-likeness (QED) is 0.233. The van der Waals surface area contributed by atoms with Crippen molar-refractivity contribution in [2.75, 3.05) is 27.3 Å². The van der Waals surface area contributed by atoms with Gasteiger partial charge in [0.15, 0.2) is 13.2 Å². The van der Waals surface area contributed by atoms with E-state index < -0.39 is 25.2 Å². The molecular weight excluding hydrogens is 450 g/mol. The van der Waals surface area contributed by atoms with Crippen molar-refractivity contribution in [1.29, 1.82) is 0 Å². The van der Waals surface area contributed by atoms with Gasteiger partial charge in [-0.1, -0.05) is 41.6 Å². The summed E-state index contributed by atoms with van der Waals surface area (Å²) in [5.74, 6) is -1.20. The molecule has 0 aliphatic heterocycles. The smallest absolute Gasteiger partial charge is 0.341 e. The average molecular weight is 476 g/mol. The van der Waals surface area contributed by atoms with Crippen LogP contribution in [0.5, 0.6) is 11.5 Å². The molecule has 0 amide bonds. The van der Waals surface area contributed by atoms with Crippen molar-refractivity contribution in [3.8, 4) is 11.5 Å². The minimum atomic E-state index is -1.05. The molecule has 3 rings (SSSR count). The summed E-state index contributed by atoms with van der Waals surface area (Å²) in [6.45, 7) is -0.839. The van der Waals surface area contributed by atoms with Gasteiger partial charge in [-0.25, -0.2) is 9.59 Å². The summed E-state index contributed by atoms with van der Waals surface area (Å²) in [6, 6.07) is 21.8. The third kappa shape index (κ3) is 8.01. The highest BCUT2D eigenvalue weighted by Gasteiger charge is 2.09. The first-order chi connectivity index (χ1) is 16.8. The second kappa shape index (κ2) is 12.0. The third-order valence-electron chi connectivity index (χ3n) is 4.60. The molecule has 180 valence electrons. The fourth-order valence-electron chi connectivity index (χ4n) is 3.03. The number of hydrogen-bond donors (Lipinski definition) is 2. The third-order valence-corrected chi connectivity index (χ3v) is 4.60. The highest BCUT2D eigenvalue weighted by atomic mass is 16.5. The summed E-state index contributed by atoms with van der Waals surface area (Å²) in [6.07, 6.45) is 2.01. The molecule has 0 saturated heterocycles. The number of ether oxygens (including phenoxy) is 2. The topological polar surface area (TPSA) is 121 Å². The lowest BCUT2D eigenvalue weighted by Crippen LogP contribution is -2.09. The minimum Gasteiger partial charge on any atom is -0.482 e. The molecule has 3 aromatic carbocycles. The Morgan fingerprint density at radius 3 is 1.63 bits per heavy atom. The molecule has 0 atom stereocenters. The van der Waals surface area contributed by atoms with E-state index in [2.05, 4.69) is 10.3 Å². The van der Waals surface area contributed by atoms with Crippen LogP contribution >= 0.6 is 0 Å². The van der Waals surface area contributed by atoms with Crippen LogP contribution in [0, 0.1) is 0 Å². The number of carboxylic acid groups (broad SMARTS) is 2. The Balaban J connectivity index is 1.92. The first-order valence-electron chi connectivity index (χ1n) is 10.6. The zero-order valence-electron chi connectivity index (χ0n) is 19.3. The van der Waals surface area contributed by atoms with Crippen LogP contribution < -0.4 is 9.47 Å². The molecule has 0 spiro atoms. The molecule has 2 N–H and O–H groups in total. The molecular formula is C26H25N3O6. The lowest BCUT2D eigenvalue weighted by atomic mass is 9.95. The molecule has 9 nitrogen and oxygen atoms in total. The van der Waals surface area contributed by atoms with Crippen LogP contribution in [-0.4, -0.2) is 54.5 Å². The molecule has 0 saturated carbocycles. The number of nitrogens with zero attached hydrogens (tertiary/aromatic N) is 3. The zero-order valence-corrected chi connectivity index (χ0v) is 19.3. The maximum absolute atomic E-state index is 10.8. The van der Waals surface area contributed by atoms with Crippen LogP contribution in [0.4, 0.5) is 5.69 Å². The van der Waals surface area contributed by atoms with E-state index in [9.17, 15) is 9.59 Å². The van der Waals surface area contributed by atoms with E-state index in [1.165, 1.54) is 0 Å². The first-order valence-corrected chi connectivity index (χ1v) is 10.6. The highest BCUT2D eigenvalue weighted by molar-refractivity contribution is 5.91. The molecule has 9 heteroatoms. The number of carboxylic acids is 2. The van der Waals surface area contributed by atoms with Crippen molar-refractivity contribution in [3.63, 3.8) is 0 Å². The summed E-state index contributed by atoms with van der Waals surface area (Å²) in [5.41, 5.74) is 4.30. The first kappa shape index (κ1) is 25.0. The Labute approximate surface area is 202 Å². The van der Waals surface area contributed by atoms with Crippen LogP contribution in [0.25, 0.3) is 11.6 Å². The Bertz CT molecular complexity index is 1140. The van der Waals surface area contributed by atoms with E-state index in [1.807, 2.05) is 54.6 Å². The maximum Gasteiger partial charge on any atom is 0.341 e. The van der Waals surface area contributed by atoms with Gasteiger partial charge in [0.05, 0.1) is 5.69 Å². The number of aliphatic carboxylic acids is 2. The normalized spacial score (nSPS) is 10.6. The Morgan fingerprint density at radius 2 is 1.23 bits per heavy atom. The van der Waals surface area contributed by atoms with Gasteiger partial charge in [-0.3, -0.25) is 5.01 Å². The van der Waals surface area contributed by atoms with Crippen molar-refractivity contribution in [1.82, 2.24) is 5.01 Å². The molecule has 0 fully saturated rings. The number of benzene rings is 3. The summed E-state index contributed by atoms with van der Waals surface area (Å²) in [7, 11) is 3.59. The Hall–Kier alpha value is -4.66. The SMILES string of the molecule is CN(C)N=Nc1ccc(C=C(c2ccc(OCC(=O)O)cc2)c2ccc(OCC(=O)O)cc2)cc1. The molecule has 0 radical (unpaired) electrons. The minimum absolute atomic E-state index is 0.419. The highest BCUT2D eigenvalue weighted by Crippen LogP contribution is 2.29. The molecule has 0 aliphatic rings. The number of rotatable bonds is 11. The van der Waals surface area contributed by atoms with E-state index in [1.54, 1.807) is 43.4 Å². The van der Waals surface area contributed by atoms with Gasteiger partial charge >= 0.3 is 11.9 Å². The largest absolute Gasteiger partial charge is 0.482 e. The van der Waals surface area contributed by atoms with Crippen molar-refractivity contribution >= 4 is 29.3 Å². The van der Waals surface area contributed by atoms with Crippen molar-refractivity contribution in [2.45, 2.75) is 0 Å². The summed E-state index contributed by atoms with van der Waals surface area (Å²) < 4.78 is 10.5. The van der Waals surface area contributed by atoms with Gasteiger partial charge in [-0.2, -0.15) is 0 Å². The zero-order chi connectivity index (χ0) is 25.2. The summed E-state index contributed by atoms with van der Waals surface area (Å²) >= 11 is 0. The van der Waals surface area contributed by atoms with Gasteiger partial charge in [-0.05, 0) is 64.7 Å². The van der Waals surface area contributed by atoms with Crippen LogP contribution in [0.1, 0.15) is 16.7 Å². The second-order valence-corrected chi connectivity index (χ2v) is 7.60. The van der Waals surface area contributed by atoms with Gasteiger partial charge < -0.3 is 19.7 Å². The van der Waals surface area contributed by atoms with E-state index in [4.69, 9.17) is 19.7 Å². The van der Waals surface area contributed by atoms with Crippen LogP contribution in [-0.2, 0) is 9.59 Å². The fraction of sp³-hybridized carbons (Fsp3) is 0.154. The monoisotopic (exact) mass is 475 g/mol. The fourth-order valence-corrected chi connectivity index (χ4v) is 3.03. The molecule has 35 heavy (non-hydrogen) atoms. The van der Waals surface area contributed by atoms with Crippen molar-refractivity contribution < 1.29 is 29.3 Å². The molecule has 0 unspecified atom stereocenters. The molecule has 0 heterocycles. The summed E-state index contributed by atoms with van der Waals surface area (Å²) in [4.78, 5) is 21.5. The molecule has 0 bridgehead atoms. The van der Waals surface area contributed by atoms with E-state index in [-0.39, 0.29) is 0 Å². The maximum atomic E-state index is 10.8. The van der Waals surface area contributed by atoms with Crippen molar-refractivity contribution in [2.24, 2.45) is 10.3 Å². The van der Waals surface area contributed by atoms with Crippen molar-refractivity contribution in [3.05, 3.63) is 89.5 Å². The van der Waals surface area contributed by atoms with E-state index >= 15 is 0 Å². The van der Waals surface area contributed by atoms with E-state index in [0.29, 0.717) is 11.5 Å². The van der Waals surface area contributed by atoms with Gasteiger partial charge in [0, 0.05) is 14.1 Å². The number of carbonyl (C=O) groups is 2. The van der Waals surface area contributed by atoms with Gasteiger partial charge in [-0.15, -0.1) is 5.11 Å². The van der Waals surface area contributed by atoms with Crippen LogP contribution in [0.3, 0.4) is 0 Å². The molecule has 3 aromatic rings. The predicted octanol–water partition coefficient (Wildman–Crippen LogP) is 4.76. The second-order valence-electron chi connectivity index (χ2n) is 7.60. The van der Waals surface area contributed by atoms with Gasteiger partial charge in [0.25, 0.3) is 0 Å². The van der Waals surface area contributed by atoms with Gasteiger partial charge in [0.1, 0.15) is 11.5 Å².